The highest BCUT2D eigenvalue weighted by molar-refractivity contribution is 5.81. The Balaban J connectivity index is 1.98. The van der Waals surface area contributed by atoms with Crippen molar-refractivity contribution in [3.63, 3.8) is 0 Å². The number of nitrogens with zero attached hydrogens (tertiary/aromatic N) is 3. The van der Waals surface area contributed by atoms with Gasteiger partial charge in [-0.1, -0.05) is 20.8 Å². The molecule has 0 aliphatic carbocycles. The summed E-state index contributed by atoms with van der Waals surface area (Å²) in [5, 5.41) is 1.31. The molecule has 0 N–H and O–H groups in total. The lowest BCUT2D eigenvalue weighted by atomic mass is 9.86. The summed E-state index contributed by atoms with van der Waals surface area (Å²) < 4.78 is 2.33. The molecule has 3 heteroatoms. The third-order valence-corrected chi connectivity index (χ3v) is 4.55. The Labute approximate surface area is 121 Å². The topological polar surface area (TPSA) is 21.1 Å². The van der Waals surface area contributed by atoms with Crippen LogP contribution in [-0.4, -0.2) is 34.1 Å². The number of hydrogen-bond donors (Lipinski definition) is 0. The van der Waals surface area contributed by atoms with Crippen LogP contribution in [0, 0.1) is 0 Å². The van der Waals surface area contributed by atoms with Gasteiger partial charge in [-0.05, 0) is 49.5 Å². The predicted octanol–water partition coefficient (Wildman–Crippen LogP) is 3.43. The minimum atomic E-state index is 0.164. The quantitative estimate of drug-likeness (QED) is 0.834. The zero-order chi connectivity index (χ0) is 14.3. The van der Waals surface area contributed by atoms with Crippen molar-refractivity contribution in [1.29, 1.82) is 0 Å². The fourth-order valence-corrected chi connectivity index (χ4v) is 3.33. The first-order chi connectivity index (χ1) is 9.47. The molecular weight excluding hydrogens is 246 g/mol. The average Bonchev–Trinajstić information content (AvgIpc) is 2.96. The highest BCUT2D eigenvalue weighted by Gasteiger charge is 2.23. The molecule has 3 nitrogen and oxygen atoms in total. The number of aromatic nitrogens is 2. The Morgan fingerprint density at radius 2 is 2.10 bits per heavy atom. The first kappa shape index (κ1) is 13.6. The molecule has 1 aliphatic heterocycles. The third kappa shape index (κ3) is 2.35. The lowest BCUT2D eigenvalue weighted by molar-refractivity contribution is 0.284. The molecule has 2 aromatic heterocycles. The molecule has 3 rings (SSSR count). The van der Waals surface area contributed by atoms with Gasteiger partial charge in [-0.3, -0.25) is 0 Å². The SMILES string of the molecule is CN1CCCC1Cn1ccc2c(C(C)(C)C)ccnc21. The van der Waals surface area contributed by atoms with Gasteiger partial charge >= 0.3 is 0 Å². The average molecular weight is 271 g/mol. The number of hydrogen-bond acceptors (Lipinski definition) is 2. The number of pyridine rings is 1. The summed E-state index contributed by atoms with van der Waals surface area (Å²) in [5.74, 6) is 0. The molecule has 2 aromatic rings. The van der Waals surface area contributed by atoms with E-state index in [4.69, 9.17) is 0 Å². The fraction of sp³-hybridized carbons (Fsp3) is 0.588. The fourth-order valence-electron chi connectivity index (χ4n) is 3.33. The highest BCUT2D eigenvalue weighted by atomic mass is 15.2. The van der Waals surface area contributed by atoms with Crippen LogP contribution in [-0.2, 0) is 12.0 Å². The Morgan fingerprint density at radius 1 is 1.30 bits per heavy atom. The second-order valence-corrected chi connectivity index (χ2v) is 7.09. The van der Waals surface area contributed by atoms with Gasteiger partial charge in [-0.25, -0.2) is 4.98 Å². The molecule has 1 saturated heterocycles. The first-order valence-corrected chi connectivity index (χ1v) is 7.61. The summed E-state index contributed by atoms with van der Waals surface area (Å²) >= 11 is 0. The second kappa shape index (κ2) is 4.88. The maximum atomic E-state index is 4.63. The van der Waals surface area contributed by atoms with Gasteiger partial charge in [0.25, 0.3) is 0 Å². The molecule has 0 amide bonds. The molecule has 0 saturated carbocycles. The predicted molar refractivity (Wildman–Crippen MR) is 84.1 cm³/mol. The summed E-state index contributed by atoms with van der Waals surface area (Å²) in [5.41, 5.74) is 2.69. The van der Waals surface area contributed by atoms with Crippen molar-refractivity contribution in [2.45, 2.75) is 51.6 Å². The van der Waals surface area contributed by atoms with E-state index in [1.54, 1.807) is 0 Å². The van der Waals surface area contributed by atoms with E-state index in [1.807, 2.05) is 6.20 Å². The van der Waals surface area contributed by atoms with Crippen LogP contribution in [0.25, 0.3) is 11.0 Å². The van der Waals surface area contributed by atoms with Crippen molar-refractivity contribution >= 4 is 11.0 Å². The number of likely N-dealkylation sites (N-methyl/N-ethyl adjacent to an activating group) is 1. The van der Waals surface area contributed by atoms with Gasteiger partial charge in [0, 0.05) is 30.4 Å². The largest absolute Gasteiger partial charge is 0.331 e. The van der Waals surface area contributed by atoms with Gasteiger partial charge in [-0.15, -0.1) is 0 Å². The smallest absolute Gasteiger partial charge is 0.140 e. The normalized spacial score (nSPS) is 20.9. The van der Waals surface area contributed by atoms with Crippen LogP contribution in [0.3, 0.4) is 0 Å². The minimum Gasteiger partial charge on any atom is -0.331 e. The molecule has 108 valence electrons. The van der Waals surface area contributed by atoms with Crippen LogP contribution in [0.15, 0.2) is 24.5 Å². The van der Waals surface area contributed by atoms with Crippen molar-refractivity contribution in [2.24, 2.45) is 0 Å². The maximum absolute atomic E-state index is 4.63. The number of likely N-dealkylation sites (tertiary alicyclic amines) is 1. The van der Waals surface area contributed by atoms with Crippen LogP contribution in [0.5, 0.6) is 0 Å². The maximum Gasteiger partial charge on any atom is 0.140 e. The van der Waals surface area contributed by atoms with Gasteiger partial charge in [0.05, 0.1) is 0 Å². The van der Waals surface area contributed by atoms with Crippen LogP contribution < -0.4 is 0 Å². The van der Waals surface area contributed by atoms with Gasteiger partial charge in [-0.2, -0.15) is 0 Å². The Kier molecular flexibility index (Phi) is 3.33. The molecular formula is C17H25N3. The standard InChI is InChI=1S/C17H25N3/c1-17(2,3)15-7-9-18-16-14(15)8-11-20(16)12-13-6-5-10-19(13)4/h7-9,11,13H,5-6,10,12H2,1-4H3. The number of fused-ring (bicyclic) bond motifs is 1. The van der Waals surface area contributed by atoms with Crippen LogP contribution >= 0.6 is 0 Å². The van der Waals surface area contributed by atoms with Gasteiger partial charge in [0.15, 0.2) is 0 Å². The van der Waals surface area contributed by atoms with Crippen molar-refractivity contribution in [3.05, 3.63) is 30.1 Å². The lowest BCUT2D eigenvalue weighted by Crippen LogP contribution is -2.29. The third-order valence-electron chi connectivity index (χ3n) is 4.55. The zero-order valence-corrected chi connectivity index (χ0v) is 13.1. The van der Waals surface area contributed by atoms with E-state index in [2.05, 4.69) is 60.6 Å². The molecule has 0 aromatic carbocycles. The molecule has 20 heavy (non-hydrogen) atoms. The van der Waals surface area contributed by atoms with Gasteiger partial charge < -0.3 is 9.47 Å². The lowest BCUT2D eigenvalue weighted by Gasteiger charge is -2.21. The monoisotopic (exact) mass is 271 g/mol. The second-order valence-electron chi connectivity index (χ2n) is 7.09. The number of rotatable bonds is 2. The Morgan fingerprint density at radius 3 is 2.75 bits per heavy atom. The van der Waals surface area contributed by atoms with E-state index in [9.17, 15) is 0 Å². The van der Waals surface area contributed by atoms with Crippen molar-refractivity contribution in [1.82, 2.24) is 14.5 Å². The van der Waals surface area contributed by atoms with E-state index in [-0.39, 0.29) is 5.41 Å². The Bertz CT molecular complexity index is 606. The van der Waals surface area contributed by atoms with E-state index in [0.29, 0.717) is 6.04 Å². The zero-order valence-electron chi connectivity index (χ0n) is 13.1. The van der Waals surface area contributed by atoms with Crippen molar-refractivity contribution in [3.8, 4) is 0 Å². The molecule has 1 fully saturated rings. The summed E-state index contributed by atoms with van der Waals surface area (Å²) in [7, 11) is 2.23. The van der Waals surface area contributed by atoms with Crippen molar-refractivity contribution < 1.29 is 0 Å². The van der Waals surface area contributed by atoms with E-state index in [0.717, 1.165) is 12.2 Å². The summed E-state index contributed by atoms with van der Waals surface area (Å²) in [6.45, 7) is 9.09. The first-order valence-electron chi connectivity index (χ1n) is 7.61. The van der Waals surface area contributed by atoms with E-state index in [1.165, 1.54) is 30.3 Å². The van der Waals surface area contributed by atoms with Crippen LogP contribution in [0.1, 0.15) is 39.2 Å². The highest BCUT2D eigenvalue weighted by Crippen LogP contribution is 2.30. The molecule has 3 heterocycles. The van der Waals surface area contributed by atoms with Crippen molar-refractivity contribution in [2.75, 3.05) is 13.6 Å². The van der Waals surface area contributed by atoms with Gasteiger partial charge in [0.1, 0.15) is 5.65 Å². The minimum absolute atomic E-state index is 0.164. The van der Waals surface area contributed by atoms with Gasteiger partial charge in [0.2, 0.25) is 0 Å². The summed E-state index contributed by atoms with van der Waals surface area (Å²) in [4.78, 5) is 7.10. The molecule has 0 spiro atoms. The summed E-state index contributed by atoms with van der Waals surface area (Å²) in [6.07, 6.45) is 6.78. The molecule has 0 bridgehead atoms. The van der Waals surface area contributed by atoms with E-state index >= 15 is 0 Å². The Hall–Kier alpha value is -1.35. The molecule has 0 radical (unpaired) electrons. The van der Waals surface area contributed by atoms with Crippen LogP contribution in [0.4, 0.5) is 0 Å². The summed E-state index contributed by atoms with van der Waals surface area (Å²) in [6, 6.07) is 5.05. The molecule has 1 unspecified atom stereocenters. The van der Waals surface area contributed by atoms with Crippen LogP contribution in [0.2, 0.25) is 0 Å². The molecule has 1 atom stereocenters. The van der Waals surface area contributed by atoms with E-state index < -0.39 is 0 Å². The molecule has 1 aliphatic rings.